The SMILES string of the molecule is COc1ccc([C@@H]2CCCN2C(=O)c2cnc(C)cn2)c(OC)c1. The van der Waals surface area contributed by atoms with Gasteiger partial charge in [0.15, 0.2) is 0 Å². The number of methoxy groups -OCH3 is 2. The molecule has 0 unspecified atom stereocenters. The summed E-state index contributed by atoms with van der Waals surface area (Å²) in [7, 11) is 3.25. The molecule has 0 spiro atoms. The fourth-order valence-electron chi connectivity index (χ4n) is 3.08. The predicted octanol–water partition coefficient (Wildman–Crippen LogP) is 2.78. The average Bonchev–Trinajstić information content (AvgIpc) is 3.10. The highest BCUT2D eigenvalue weighted by Gasteiger charge is 2.33. The number of hydrogen-bond acceptors (Lipinski definition) is 5. The van der Waals surface area contributed by atoms with E-state index in [9.17, 15) is 4.79 Å². The lowest BCUT2D eigenvalue weighted by Crippen LogP contribution is -2.31. The quantitative estimate of drug-likeness (QED) is 0.864. The van der Waals surface area contributed by atoms with Gasteiger partial charge < -0.3 is 14.4 Å². The molecule has 2 heterocycles. The topological polar surface area (TPSA) is 64.5 Å². The molecule has 1 aromatic carbocycles. The number of rotatable bonds is 4. The van der Waals surface area contributed by atoms with Gasteiger partial charge in [0.1, 0.15) is 17.2 Å². The third kappa shape index (κ3) is 3.04. The summed E-state index contributed by atoms with van der Waals surface area (Å²) in [4.78, 5) is 23.1. The molecule has 6 nitrogen and oxygen atoms in total. The third-order valence-corrected chi connectivity index (χ3v) is 4.31. The number of aromatic nitrogens is 2. The molecule has 2 aromatic rings. The number of carbonyl (C=O) groups excluding carboxylic acids is 1. The van der Waals surface area contributed by atoms with Crippen LogP contribution in [0.4, 0.5) is 0 Å². The van der Waals surface area contributed by atoms with E-state index in [2.05, 4.69) is 9.97 Å². The summed E-state index contributed by atoms with van der Waals surface area (Å²) in [6.45, 7) is 2.55. The molecule has 1 fully saturated rings. The van der Waals surface area contributed by atoms with Crippen LogP contribution in [0.15, 0.2) is 30.6 Å². The van der Waals surface area contributed by atoms with Crippen molar-refractivity contribution >= 4 is 5.91 Å². The molecule has 1 aromatic heterocycles. The van der Waals surface area contributed by atoms with Crippen molar-refractivity contribution in [1.29, 1.82) is 0 Å². The van der Waals surface area contributed by atoms with Gasteiger partial charge in [-0.05, 0) is 31.9 Å². The monoisotopic (exact) mass is 327 g/mol. The minimum atomic E-state index is -0.0946. The smallest absolute Gasteiger partial charge is 0.274 e. The molecule has 6 heteroatoms. The lowest BCUT2D eigenvalue weighted by molar-refractivity contribution is 0.0727. The van der Waals surface area contributed by atoms with Gasteiger partial charge in [-0.15, -0.1) is 0 Å². The van der Waals surface area contributed by atoms with E-state index < -0.39 is 0 Å². The molecule has 3 rings (SSSR count). The van der Waals surface area contributed by atoms with Crippen molar-refractivity contribution in [2.45, 2.75) is 25.8 Å². The second-order valence-corrected chi connectivity index (χ2v) is 5.81. The minimum Gasteiger partial charge on any atom is -0.497 e. The molecule has 24 heavy (non-hydrogen) atoms. The van der Waals surface area contributed by atoms with Gasteiger partial charge in [-0.2, -0.15) is 0 Å². The molecule has 1 aliphatic heterocycles. The fraction of sp³-hybridized carbons (Fsp3) is 0.389. The van der Waals surface area contributed by atoms with Gasteiger partial charge >= 0.3 is 0 Å². The molecule has 0 radical (unpaired) electrons. The predicted molar refractivity (Wildman–Crippen MR) is 89.3 cm³/mol. The van der Waals surface area contributed by atoms with Crippen LogP contribution < -0.4 is 9.47 Å². The maximum atomic E-state index is 12.8. The van der Waals surface area contributed by atoms with Gasteiger partial charge in [0.2, 0.25) is 0 Å². The van der Waals surface area contributed by atoms with E-state index in [1.807, 2.05) is 30.0 Å². The molecule has 0 saturated carbocycles. The molecule has 0 bridgehead atoms. The highest BCUT2D eigenvalue weighted by atomic mass is 16.5. The zero-order valence-corrected chi connectivity index (χ0v) is 14.2. The van der Waals surface area contributed by atoms with Gasteiger partial charge in [0.25, 0.3) is 5.91 Å². The van der Waals surface area contributed by atoms with Gasteiger partial charge in [0, 0.05) is 24.4 Å². The average molecular weight is 327 g/mol. The summed E-state index contributed by atoms with van der Waals surface area (Å²) in [5.41, 5.74) is 2.16. The Bertz CT molecular complexity index is 731. The zero-order chi connectivity index (χ0) is 17.1. The van der Waals surface area contributed by atoms with Crippen LogP contribution in [-0.4, -0.2) is 41.5 Å². The Hall–Kier alpha value is -2.63. The van der Waals surface area contributed by atoms with Crippen LogP contribution in [0.2, 0.25) is 0 Å². The Morgan fingerprint density at radius 3 is 2.71 bits per heavy atom. The number of carbonyl (C=O) groups is 1. The Kier molecular flexibility index (Phi) is 4.64. The van der Waals surface area contributed by atoms with E-state index in [0.29, 0.717) is 12.2 Å². The lowest BCUT2D eigenvalue weighted by Gasteiger charge is -2.26. The van der Waals surface area contributed by atoms with Crippen LogP contribution >= 0.6 is 0 Å². The second-order valence-electron chi connectivity index (χ2n) is 5.81. The number of likely N-dealkylation sites (tertiary alicyclic amines) is 1. The van der Waals surface area contributed by atoms with Gasteiger partial charge in [-0.1, -0.05) is 0 Å². The second kappa shape index (κ2) is 6.86. The normalized spacial score (nSPS) is 17.0. The summed E-state index contributed by atoms with van der Waals surface area (Å²) in [6.07, 6.45) is 5.00. The third-order valence-electron chi connectivity index (χ3n) is 4.31. The van der Waals surface area contributed by atoms with Crippen LogP contribution in [0.3, 0.4) is 0 Å². The van der Waals surface area contributed by atoms with E-state index in [1.165, 1.54) is 6.20 Å². The standard InChI is InChI=1S/C18H21N3O3/c1-12-10-20-15(11-19-12)18(22)21-8-4-5-16(21)14-7-6-13(23-2)9-17(14)24-3/h6-7,9-11,16H,4-5,8H2,1-3H3/t16-/m0/s1. The first-order valence-corrected chi connectivity index (χ1v) is 7.95. The van der Waals surface area contributed by atoms with Crippen molar-refractivity contribution < 1.29 is 14.3 Å². The number of aryl methyl sites for hydroxylation is 1. The lowest BCUT2D eigenvalue weighted by atomic mass is 10.0. The van der Waals surface area contributed by atoms with Crippen LogP contribution in [0.5, 0.6) is 11.5 Å². The van der Waals surface area contributed by atoms with Gasteiger partial charge in [0.05, 0.1) is 32.2 Å². The number of nitrogens with zero attached hydrogens (tertiary/aromatic N) is 3. The van der Waals surface area contributed by atoms with Crippen molar-refractivity contribution in [2.75, 3.05) is 20.8 Å². The molecule has 1 saturated heterocycles. The maximum absolute atomic E-state index is 12.8. The number of benzene rings is 1. The first kappa shape index (κ1) is 16.2. The molecule has 0 aliphatic carbocycles. The highest BCUT2D eigenvalue weighted by Crippen LogP contribution is 2.39. The Morgan fingerprint density at radius 2 is 2.04 bits per heavy atom. The van der Waals surface area contributed by atoms with E-state index in [-0.39, 0.29) is 11.9 Å². The summed E-state index contributed by atoms with van der Waals surface area (Å²) in [5, 5.41) is 0. The number of ether oxygens (including phenoxy) is 2. The minimum absolute atomic E-state index is 0.0264. The first-order valence-electron chi connectivity index (χ1n) is 7.95. The van der Waals surface area contributed by atoms with Gasteiger partial charge in [-0.25, -0.2) is 4.98 Å². The summed E-state index contributed by atoms with van der Waals surface area (Å²) in [6, 6.07) is 5.68. The van der Waals surface area contributed by atoms with Crippen molar-refractivity contribution in [2.24, 2.45) is 0 Å². The summed E-state index contributed by atoms with van der Waals surface area (Å²) >= 11 is 0. The van der Waals surface area contributed by atoms with E-state index in [1.54, 1.807) is 20.4 Å². The summed E-state index contributed by atoms with van der Waals surface area (Å²) in [5.74, 6) is 1.37. The zero-order valence-electron chi connectivity index (χ0n) is 14.2. The Labute approximate surface area is 141 Å². The summed E-state index contributed by atoms with van der Waals surface area (Å²) < 4.78 is 10.8. The van der Waals surface area contributed by atoms with Crippen molar-refractivity contribution in [3.8, 4) is 11.5 Å². The molecule has 126 valence electrons. The largest absolute Gasteiger partial charge is 0.497 e. The van der Waals surface area contributed by atoms with E-state index >= 15 is 0 Å². The van der Waals surface area contributed by atoms with E-state index in [4.69, 9.17) is 9.47 Å². The highest BCUT2D eigenvalue weighted by molar-refractivity contribution is 5.92. The molecule has 1 atom stereocenters. The first-order chi connectivity index (χ1) is 11.6. The van der Waals surface area contributed by atoms with E-state index in [0.717, 1.165) is 35.6 Å². The molecule has 1 amide bonds. The fourth-order valence-corrected chi connectivity index (χ4v) is 3.08. The van der Waals surface area contributed by atoms with Crippen molar-refractivity contribution in [1.82, 2.24) is 14.9 Å². The van der Waals surface area contributed by atoms with Crippen LogP contribution in [0.25, 0.3) is 0 Å². The molecular weight excluding hydrogens is 306 g/mol. The number of amides is 1. The maximum Gasteiger partial charge on any atom is 0.274 e. The van der Waals surface area contributed by atoms with Crippen molar-refractivity contribution in [3.05, 3.63) is 47.5 Å². The Morgan fingerprint density at radius 1 is 1.21 bits per heavy atom. The van der Waals surface area contributed by atoms with Crippen LogP contribution in [-0.2, 0) is 0 Å². The molecule has 0 N–H and O–H groups in total. The van der Waals surface area contributed by atoms with Crippen LogP contribution in [0.1, 0.15) is 40.6 Å². The Balaban J connectivity index is 1.90. The van der Waals surface area contributed by atoms with Crippen LogP contribution in [0, 0.1) is 6.92 Å². The van der Waals surface area contributed by atoms with Gasteiger partial charge in [-0.3, -0.25) is 9.78 Å². The number of hydrogen-bond donors (Lipinski definition) is 0. The van der Waals surface area contributed by atoms with Crippen molar-refractivity contribution in [3.63, 3.8) is 0 Å². The molecule has 1 aliphatic rings. The molecular formula is C18H21N3O3.